The number of hydrogen-bond acceptors (Lipinski definition) is 3. The first kappa shape index (κ1) is 16.0. The number of thioether (sulfide) groups is 1. The normalized spacial score (nSPS) is 26.2. The highest BCUT2D eigenvalue weighted by Gasteiger charge is 2.33. The molecule has 2 rings (SSSR count). The highest BCUT2D eigenvalue weighted by Crippen LogP contribution is 2.25. The Labute approximate surface area is 127 Å². The molecule has 0 aliphatic carbocycles. The Hall–Kier alpha value is -0.420. The van der Waals surface area contributed by atoms with E-state index in [0.29, 0.717) is 6.04 Å². The third kappa shape index (κ3) is 3.82. The highest BCUT2D eigenvalue weighted by atomic mass is 32.2. The Morgan fingerprint density at radius 3 is 2.70 bits per heavy atom. The molecule has 116 valence electrons. The van der Waals surface area contributed by atoms with Crippen LogP contribution < -0.4 is 0 Å². The average molecular weight is 300 g/mol. The summed E-state index contributed by atoms with van der Waals surface area (Å²) in [5, 5.41) is 0. The van der Waals surface area contributed by atoms with Gasteiger partial charge >= 0.3 is 6.03 Å². The van der Waals surface area contributed by atoms with Crippen LogP contribution in [0.1, 0.15) is 40.0 Å². The monoisotopic (exact) mass is 300 g/mol. The van der Waals surface area contributed by atoms with Gasteiger partial charge in [0, 0.05) is 37.5 Å². The molecule has 0 radical (unpaired) electrons. The van der Waals surface area contributed by atoms with Crippen molar-refractivity contribution in [1.29, 1.82) is 0 Å². The molecule has 0 spiro atoms. The Balaban J connectivity index is 2.05. The first-order chi connectivity index (χ1) is 9.63. The Kier molecular flexibility index (Phi) is 6.02. The molecular formula is C15H28N2O2S. The van der Waals surface area contributed by atoms with Gasteiger partial charge in [-0.15, -0.1) is 0 Å². The van der Waals surface area contributed by atoms with Gasteiger partial charge in [-0.3, -0.25) is 0 Å². The highest BCUT2D eigenvalue weighted by molar-refractivity contribution is 7.99. The fraction of sp³-hybridized carbons (Fsp3) is 0.933. The molecule has 0 saturated carbocycles. The molecule has 2 aliphatic rings. The van der Waals surface area contributed by atoms with Crippen molar-refractivity contribution in [3.8, 4) is 0 Å². The predicted octanol–water partition coefficient (Wildman–Crippen LogP) is 2.82. The van der Waals surface area contributed by atoms with Gasteiger partial charge in [0.25, 0.3) is 0 Å². The van der Waals surface area contributed by atoms with Crippen molar-refractivity contribution in [1.82, 2.24) is 9.80 Å². The molecule has 20 heavy (non-hydrogen) atoms. The molecule has 2 aliphatic heterocycles. The van der Waals surface area contributed by atoms with Gasteiger partial charge < -0.3 is 14.5 Å². The van der Waals surface area contributed by atoms with Crippen LogP contribution in [0.4, 0.5) is 4.79 Å². The zero-order valence-corrected chi connectivity index (χ0v) is 13.8. The molecular weight excluding hydrogens is 272 g/mol. The molecule has 0 aromatic heterocycles. The maximum atomic E-state index is 12.9. The molecule has 2 fully saturated rings. The van der Waals surface area contributed by atoms with Crippen LogP contribution in [0, 0.1) is 0 Å². The van der Waals surface area contributed by atoms with Crippen molar-refractivity contribution in [3.63, 3.8) is 0 Å². The lowest BCUT2D eigenvalue weighted by atomic mass is 10.1. The second-order valence-corrected chi connectivity index (χ2v) is 7.12. The predicted molar refractivity (Wildman–Crippen MR) is 84.3 cm³/mol. The number of nitrogens with zero attached hydrogens (tertiary/aromatic N) is 2. The molecule has 0 N–H and O–H groups in total. The molecule has 2 amide bonds. The lowest BCUT2D eigenvalue weighted by Crippen LogP contribution is -2.52. The molecule has 2 saturated heterocycles. The lowest BCUT2D eigenvalue weighted by Gasteiger charge is -2.37. The average Bonchev–Trinajstić information content (AvgIpc) is 3.09. The molecule has 0 aromatic carbocycles. The van der Waals surface area contributed by atoms with Gasteiger partial charge in [-0.25, -0.2) is 4.79 Å². The third-order valence-electron chi connectivity index (χ3n) is 4.23. The SMILES string of the molecule is CCN(C(=O)N(C[C@H]1CCCO1)[C@@H]1CCSC1)C(C)C. The van der Waals surface area contributed by atoms with Crippen LogP contribution in [0.2, 0.25) is 0 Å². The van der Waals surface area contributed by atoms with Crippen molar-refractivity contribution in [2.24, 2.45) is 0 Å². The van der Waals surface area contributed by atoms with Crippen molar-refractivity contribution < 1.29 is 9.53 Å². The van der Waals surface area contributed by atoms with Gasteiger partial charge in [0.1, 0.15) is 0 Å². The topological polar surface area (TPSA) is 32.8 Å². The molecule has 2 atom stereocenters. The van der Waals surface area contributed by atoms with E-state index in [1.807, 2.05) is 16.7 Å². The minimum Gasteiger partial charge on any atom is -0.376 e. The molecule has 0 bridgehead atoms. The Morgan fingerprint density at radius 2 is 2.20 bits per heavy atom. The van der Waals surface area contributed by atoms with Crippen molar-refractivity contribution in [3.05, 3.63) is 0 Å². The number of ether oxygens (including phenoxy) is 1. The molecule has 5 heteroatoms. The zero-order chi connectivity index (χ0) is 14.5. The summed E-state index contributed by atoms with van der Waals surface area (Å²) in [7, 11) is 0. The van der Waals surface area contributed by atoms with Gasteiger partial charge in [-0.1, -0.05) is 0 Å². The molecule has 0 aromatic rings. The molecule has 0 unspecified atom stereocenters. The van der Waals surface area contributed by atoms with Crippen LogP contribution >= 0.6 is 11.8 Å². The second kappa shape index (κ2) is 7.55. The van der Waals surface area contributed by atoms with E-state index in [0.717, 1.165) is 44.7 Å². The Bertz CT molecular complexity index is 313. The minimum absolute atomic E-state index is 0.200. The number of carbonyl (C=O) groups is 1. The van der Waals surface area contributed by atoms with E-state index in [9.17, 15) is 4.79 Å². The van der Waals surface area contributed by atoms with Crippen molar-refractivity contribution >= 4 is 17.8 Å². The van der Waals surface area contributed by atoms with Crippen LogP contribution in [0.15, 0.2) is 0 Å². The summed E-state index contributed by atoms with van der Waals surface area (Å²) in [6.07, 6.45) is 3.60. The standard InChI is InChI=1S/C15H28N2O2S/c1-4-16(12(2)3)15(18)17(13-7-9-20-11-13)10-14-6-5-8-19-14/h12-14H,4-11H2,1-3H3/t13-,14-/m1/s1. The summed E-state index contributed by atoms with van der Waals surface area (Å²) >= 11 is 1.96. The molecule has 2 heterocycles. The number of hydrogen-bond donors (Lipinski definition) is 0. The maximum Gasteiger partial charge on any atom is 0.320 e. The van der Waals surface area contributed by atoms with Crippen LogP contribution in [-0.2, 0) is 4.74 Å². The third-order valence-corrected chi connectivity index (χ3v) is 5.37. The van der Waals surface area contributed by atoms with E-state index < -0.39 is 0 Å². The Morgan fingerprint density at radius 1 is 1.40 bits per heavy atom. The van der Waals surface area contributed by atoms with E-state index in [2.05, 4.69) is 25.7 Å². The fourth-order valence-corrected chi connectivity index (χ4v) is 4.27. The van der Waals surface area contributed by atoms with Crippen LogP contribution in [0.5, 0.6) is 0 Å². The minimum atomic E-state index is 0.200. The summed E-state index contributed by atoms with van der Waals surface area (Å²) in [5.41, 5.74) is 0. The summed E-state index contributed by atoms with van der Waals surface area (Å²) < 4.78 is 5.75. The van der Waals surface area contributed by atoms with Gasteiger partial charge in [0.05, 0.1) is 6.10 Å². The van der Waals surface area contributed by atoms with Gasteiger partial charge in [-0.05, 0) is 45.8 Å². The molecule has 4 nitrogen and oxygen atoms in total. The summed E-state index contributed by atoms with van der Waals surface area (Å²) in [6.45, 7) is 8.65. The van der Waals surface area contributed by atoms with Crippen LogP contribution in [-0.4, -0.2) is 65.2 Å². The van der Waals surface area contributed by atoms with Crippen molar-refractivity contribution in [2.75, 3.05) is 31.2 Å². The van der Waals surface area contributed by atoms with Crippen molar-refractivity contribution in [2.45, 2.75) is 58.2 Å². The smallest absolute Gasteiger partial charge is 0.320 e. The van der Waals surface area contributed by atoms with Gasteiger partial charge in [0.2, 0.25) is 0 Å². The summed E-state index contributed by atoms with van der Waals surface area (Å²) in [4.78, 5) is 16.9. The van der Waals surface area contributed by atoms with Crippen LogP contribution in [0.3, 0.4) is 0 Å². The van der Waals surface area contributed by atoms with E-state index in [1.165, 1.54) is 5.75 Å². The number of rotatable bonds is 5. The second-order valence-electron chi connectivity index (χ2n) is 5.97. The fourth-order valence-electron chi connectivity index (χ4n) is 3.05. The number of amides is 2. The lowest BCUT2D eigenvalue weighted by molar-refractivity contribution is 0.0602. The number of urea groups is 1. The van der Waals surface area contributed by atoms with E-state index in [1.54, 1.807) is 0 Å². The zero-order valence-electron chi connectivity index (χ0n) is 13.0. The van der Waals surface area contributed by atoms with E-state index in [-0.39, 0.29) is 18.2 Å². The quantitative estimate of drug-likeness (QED) is 0.783. The van der Waals surface area contributed by atoms with Crippen LogP contribution in [0.25, 0.3) is 0 Å². The van der Waals surface area contributed by atoms with E-state index in [4.69, 9.17) is 4.74 Å². The van der Waals surface area contributed by atoms with Gasteiger partial charge in [-0.2, -0.15) is 11.8 Å². The summed E-state index contributed by atoms with van der Waals surface area (Å²) in [5.74, 6) is 2.25. The maximum absolute atomic E-state index is 12.9. The van der Waals surface area contributed by atoms with Gasteiger partial charge in [0.15, 0.2) is 0 Å². The first-order valence-electron chi connectivity index (χ1n) is 7.90. The number of carbonyl (C=O) groups excluding carboxylic acids is 1. The van der Waals surface area contributed by atoms with E-state index >= 15 is 0 Å². The first-order valence-corrected chi connectivity index (χ1v) is 9.05. The summed E-state index contributed by atoms with van der Waals surface area (Å²) in [6, 6.07) is 0.851. The largest absolute Gasteiger partial charge is 0.376 e.